The molecule has 1 fully saturated rings. The lowest BCUT2D eigenvalue weighted by Crippen LogP contribution is -2.39. The molecule has 0 spiro atoms. The van der Waals surface area contributed by atoms with Crippen molar-refractivity contribution in [3.05, 3.63) is 51.8 Å². The number of hydrogen-bond acceptors (Lipinski definition) is 6. The maximum Gasteiger partial charge on any atom is 0.338 e. The predicted octanol–water partition coefficient (Wildman–Crippen LogP) is 2.05. The molecular weight excluding hydrogens is 398 g/mol. The van der Waals surface area contributed by atoms with Gasteiger partial charge in [0.2, 0.25) is 0 Å². The maximum absolute atomic E-state index is 13.1. The van der Waals surface area contributed by atoms with E-state index in [1.165, 1.54) is 17.9 Å². The zero-order chi connectivity index (χ0) is 20.5. The number of methoxy groups -OCH3 is 1. The van der Waals surface area contributed by atoms with Gasteiger partial charge in [0.05, 0.1) is 12.7 Å². The molecular formula is C19H20ClN5O4. The molecule has 1 aromatic carbocycles. The zero-order valence-electron chi connectivity index (χ0n) is 16.0. The molecule has 9 nitrogen and oxygen atoms in total. The molecule has 0 bridgehead atoms. The van der Waals surface area contributed by atoms with E-state index in [4.69, 9.17) is 21.1 Å². The maximum atomic E-state index is 13.1. The molecule has 0 unspecified atom stereocenters. The van der Waals surface area contributed by atoms with Crippen LogP contribution in [0.3, 0.4) is 0 Å². The lowest BCUT2D eigenvalue weighted by Gasteiger charge is -2.17. The number of rotatable bonds is 4. The van der Waals surface area contributed by atoms with Crippen molar-refractivity contribution in [3.8, 4) is 5.75 Å². The quantitative estimate of drug-likeness (QED) is 0.645. The fraction of sp³-hybridized carbons (Fsp3) is 0.368. The molecule has 0 N–H and O–H groups in total. The Morgan fingerprint density at radius 2 is 2.21 bits per heavy atom. The normalized spacial score (nSPS) is 16.5. The Morgan fingerprint density at radius 3 is 2.97 bits per heavy atom. The van der Waals surface area contributed by atoms with Crippen LogP contribution in [0.25, 0.3) is 11.2 Å². The molecule has 10 heteroatoms. The number of ether oxygens (including phenoxy) is 2. The molecule has 1 saturated heterocycles. The number of fused-ring (bicyclic) bond motifs is 1. The summed E-state index contributed by atoms with van der Waals surface area (Å²) in [6.07, 6.45) is 1.96. The Kier molecular flexibility index (Phi) is 5.25. The largest absolute Gasteiger partial charge is 0.488 e. The number of benzene rings is 1. The Morgan fingerprint density at radius 1 is 1.38 bits per heavy atom. The summed E-state index contributed by atoms with van der Waals surface area (Å²) >= 11 is 5.99. The van der Waals surface area contributed by atoms with Gasteiger partial charge in [0.15, 0.2) is 11.5 Å². The Hall–Kier alpha value is -2.91. The highest BCUT2D eigenvalue weighted by atomic mass is 35.5. The zero-order valence-corrected chi connectivity index (χ0v) is 16.8. The SMILES string of the molecule is COCc1ncc2c(n1)n(C)c(=O)n2C(=O)N1CC[C@H](Oc2cccc(Cl)c2)C1. The molecule has 0 saturated carbocycles. The first-order valence-electron chi connectivity index (χ1n) is 9.11. The predicted molar refractivity (Wildman–Crippen MR) is 106 cm³/mol. The van der Waals surface area contributed by atoms with Crippen LogP contribution in [0.2, 0.25) is 5.02 Å². The summed E-state index contributed by atoms with van der Waals surface area (Å²) in [7, 11) is 3.11. The third-order valence-electron chi connectivity index (χ3n) is 4.82. The molecule has 3 heterocycles. The van der Waals surface area contributed by atoms with Crippen LogP contribution in [-0.4, -0.2) is 56.3 Å². The van der Waals surface area contributed by atoms with Gasteiger partial charge in [0.1, 0.15) is 24.0 Å². The average molecular weight is 418 g/mol. The highest BCUT2D eigenvalue weighted by Gasteiger charge is 2.31. The minimum absolute atomic E-state index is 0.173. The van der Waals surface area contributed by atoms with E-state index in [1.807, 2.05) is 12.1 Å². The summed E-state index contributed by atoms with van der Waals surface area (Å²) < 4.78 is 13.4. The van der Waals surface area contributed by atoms with Gasteiger partial charge in [-0.15, -0.1) is 0 Å². The Labute approximate surface area is 171 Å². The van der Waals surface area contributed by atoms with Gasteiger partial charge in [0.25, 0.3) is 0 Å². The van der Waals surface area contributed by atoms with Crippen molar-refractivity contribution < 1.29 is 14.3 Å². The Balaban J connectivity index is 1.56. The second-order valence-electron chi connectivity index (χ2n) is 6.82. The number of imidazole rings is 1. The average Bonchev–Trinajstić information content (AvgIpc) is 3.25. The van der Waals surface area contributed by atoms with E-state index in [2.05, 4.69) is 9.97 Å². The van der Waals surface area contributed by atoms with Crippen molar-refractivity contribution >= 4 is 28.8 Å². The molecule has 1 aliphatic rings. The topological polar surface area (TPSA) is 91.5 Å². The number of carbonyl (C=O) groups excluding carboxylic acids is 1. The van der Waals surface area contributed by atoms with E-state index in [9.17, 15) is 9.59 Å². The summed E-state index contributed by atoms with van der Waals surface area (Å²) in [4.78, 5) is 35.9. The van der Waals surface area contributed by atoms with Gasteiger partial charge in [0, 0.05) is 32.1 Å². The van der Waals surface area contributed by atoms with Gasteiger partial charge in [-0.25, -0.2) is 24.1 Å². The third-order valence-corrected chi connectivity index (χ3v) is 5.05. The van der Waals surface area contributed by atoms with Crippen molar-refractivity contribution in [2.24, 2.45) is 7.05 Å². The second-order valence-corrected chi connectivity index (χ2v) is 7.26. The molecule has 2 aromatic heterocycles. The van der Waals surface area contributed by atoms with Crippen molar-refractivity contribution in [1.82, 2.24) is 24.0 Å². The van der Waals surface area contributed by atoms with E-state index in [1.54, 1.807) is 24.1 Å². The first-order chi connectivity index (χ1) is 14.0. The minimum Gasteiger partial charge on any atom is -0.488 e. The molecule has 1 atom stereocenters. The number of amides is 1. The number of carbonyl (C=O) groups is 1. The molecule has 1 amide bonds. The van der Waals surface area contributed by atoms with Crippen molar-refractivity contribution in [2.45, 2.75) is 19.1 Å². The summed E-state index contributed by atoms with van der Waals surface area (Å²) in [5.41, 5.74) is 0.283. The van der Waals surface area contributed by atoms with Gasteiger partial charge in [-0.3, -0.25) is 4.57 Å². The first kappa shape index (κ1) is 19.4. The van der Waals surface area contributed by atoms with Gasteiger partial charge in [-0.1, -0.05) is 17.7 Å². The van der Waals surface area contributed by atoms with E-state index in [-0.39, 0.29) is 12.7 Å². The fourth-order valence-corrected chi connectivity index (χ4v) is 3.59. The van der Waals surface area contributed by atoms with E-state index >= 15 is 0 Å². The van der Waals surface area contributed by atoms with Crippen molar-refractivity contribution in [2.75, 3.05) is 20.2 Å². The van der Waals surface area contributed by atoms with E-state index in [0.29, 0.717) is 47.3 Å². The molecule has 152 valence electrons. The van der Waals surface area contributed by atoms with Gasteiger partial charge in [-0.2, -0.15) is 0 Å². The smallest absolute Gasteiger partial charge is 0.338 e. The van der Waals surface area contributed by atoms with E-state index in [0.717, 1.165) is 4.57 Å². The highest BCUT2D eigenvalue weighted by molar-refractivity contribution is 6.30. The number of halogens is 1. The van der Waals surface area contributed by atoms with Crippen LogP contribution in [0.5, 0.6) is 5.75 Å². The van der Waals surface area contributed by atoms with Gasteiger partial charge >= 0.3 is 11.7 Å². The molecule has 4 rings (SSSR count). The van der Waals surface area contributed by atoms with Crippen LogP contribution in [0.1, 0.15) is 12.2 Å². The monoisotopic (exact) mass is 417 g/mol. The lowest BCUT2D eigenvalue weighted by molar-refractivity contribution is 0.178. The van der Waals surface area contributed by atoms with Crippen LogP contribution in [0, 0.1) is 0 Å². The molecule has 3 aromatic rings. The number of aromatic nitrogens is 4. The van der Waals surface area contributed by atoms with Gasteiger partial charge in [-0.05, 0) is 18.2 Å². The summed E-state index contributed by atoms with van der Waals surface area (Å²) in [6.45, 7) is 1.07. The lowest BCUT2D eigenvalue weighted by atomic mass is 10.3. The second kappa shape index (κ2) is 7.84. The first-order valence-corrected chi connectivity index (χ1v) is 9.49. The number of nitrogens with zero attached hydrogens (tertiary/aromatic N) is 5. The fourth-order valence-electron chi connectivity index (χ4n) is 3.41. The minimum atomic E-state index is -0.465. The summed E-state index contributed by atoms with van der Waals surface area (Å²) in [5.74, 6) is 1.09. The summed E-state index contributed by atoms with van der Waals surface area (Å²) in [6, 6.07) is 6.71. The van der Waals surface area contributed by atoms with Crippen LogP contribution in [0.4, 0.5) is 4.79 Å². The Bertz CT molecular complexity index is 1130. The summed E-state index contributed by atoms with van der Waals surface area (Å²) in [5, 5.41) is 0.587. The standard InChI is InChI=1S/C19H20ClN5O4/c1-23-17-15(9-21-16(22-17)11-28-2)25(18(23)26)19(27)24-7-6-14(10-24)29-13-5-3-4-12(20)8-13/h3-5,8-9,14H,6-7,10-11H2,1-2H3/t14-/m0/s1. The van der Waals surface area contributed by atoms with E-state index < -0.39 is 11.7 Å². The van der Waals surface area contributed by atoms with Crippen LogP contribution >= 0.6 is 11.6 Å². The van der Waals surface area contributed by atoms with Crippen molar-refractivity contribution in [3.63, 3.8) is 0 Å². The van der Waals surface area contributed by atoms with Gasteiger partial charge < -0.3 is 14.4 Å². The number of hydrogen-bond donors (Lipinski definition) is 0. The molecule has 0 aliphatic carbocycles. The van der Waals surface area contributed by atoms with Crippen LogP contribution < -0.4 is 10.4 Å². The molecule has 0 radical (unpaired) electrons. The third kappa shape index (κ3) is 3.70. The molecule has 1 aliphatic heterocycles. The van der Waals surface area contributed by atoms with Crippen LogP contribution in [-0.2, 0) is 18.4 Å². The highest BCUT2D eigenvalue weighted by Crippen LogP contribution is 2.22. The molecule has 29 heavy (non-hydrogen) atoms. The van der Waals surface area contributed by atoms with Crippen molar-refractivity contribution in [1.29, 1.82) is 0 Å². The number of aryl methyl sites for hydroxylation is 1. The number of likely N-dealkylation sites (tertiary alicyclic amines) is 1. The van der Waals surface area contributed by atoms with Crippen LogP contribution in [0.15, 0.2) is 35.3 Å².